The molecule has 3 aliphatic rings. The number of hydrogen-bond acceptors (Lipinski definition) is 0. The monoisotopic (exact) mass is 216 g/mol. The van der Waals surface area contributed by atoms with Gasteiger partial charge < -0.3 is 0 Å². The molecule has 2 heteroatoms. The smallest absolute Gasteiger partial charge is 0.100 e. The lowest BCUT2D eigenvalue weighted by Gasteiger charge is -2.18. The van der Waals surface area contributed by atoms with E-state index in [1.54, 1.807) is 0 Å². The Kier molecular flexibility index (Phi) is 1.30. The van der Waals surface area contributed by atoms with Crippen molar-refractivity contribution in [1.82, 2.24) is 0 Å². The minimum absolute atomic E-state index is 0.0957. The van der Waals surface area contributed by atoms with Crippen molar-refractivity contribution in [3.8, 4) is 0 Å². The molecule has 2 bridgehead atoms. The highest BCUT2D eigenvalue weighted by atomic mass is 35.5. The van der Waals surface area contributed by atoms with Gasteiger partial charge in [0.15, 0.2) is 0 Å². The van der Waals surface area contributed by atoms with E-state index in [-0.39, 0.29) is 10.8 Å². The zero-order valence-corrected chi connectivity index (χ0v) is 9.49. The fraction of sp³-hybridized carbons (Fsp3) is 0.818. The van der Waals surface area contributed by atoms with E-state index in [9.17, 15) is 0 Å². The zero-order chi connectivity index (χ0) is 9.48. The van der Waals surface area contributed by atoms with Crippen LogP contribution >= 0.6 is 23.2 Å². The molecule has 3 atom stereocenters. The Morgan fingerprint density at radius 1 is 1.08 bits per heavy atom. The summed E-state index contributed by atoms with van der Waals surface area (Å²) < 4.78 is -0.491. The minimum Gasteiger partial charge on any atom is -0.100 e. The SMILES string of the molecule is CC1(C)C(Cl)(Cl)C12[C@@H]1C=C[C@H]2CC1. The average molecular weight is 217 g/mol. The van der Waals surface area contributed by atoms with Crippen LogP contribution in [0.5, 0.6) is 0 Å². The van der Waals surface area contributed by atoms with Crippen LogP contribution < -0.4 is 0 Å². The van der Waals surface area contributed by atoms with Gasteiger partial charge in [0.25, 0.3) is 0 Å². The first-order chi connectivity index (χ1) is 5.96. The standard InChI is InChI=1S/C11H14Cl2/c1-9(2)10(11(9,12)13)7-3-4-8(10)6-5-7/h3-4,7-8H,5-6H2,1-2H3/t7-,8+,10?. The van der Waals surface area contributed by atoms with Crippen LogP contribution in [0, 0.1) is 22.7 Å². The van der Waals surface area contributed by atoms with Crippen LogP contribution in [0.4, 0.5) is 0 Å². The second kappa shape index (κ2) is 1.97. The summed E-state index contributed by atoms with van der Waals surface area (Å²) in [5.41, 5.74) is 0.279. The molecule has 0 amide bonds. The summed E-state index contributed by atoms with van der Waals surface area (Å²) in [6.45, 7) is 4.43. The highest BCUT2D eigenvalue weighted by molar-refractivity contribution is 6.52. The van der Waals surface area contributed by atoms with Gasteiger partial charge in [-0.05, 0) is 24.7 Å². The fourth-order valence-corrected chi connectivity index (χ4v) is 5.33. The summed E-state index contributed by atoms with van der Waals surface area (Å²) in [6.07, 6.45) is 7.24. The number of hydrogen-bond donors (Lipinski definition) is 0. The summed E-state index contributed by atoms with van der Waals surface area (Å²) in [5.74, 6) is 1.28. The van der Waals surface area contributed by atoms with Crippen LogP contribution in [0.1, 0.15) is 26.7 Å². The van der Waals surface area contributed by atoms with Crippen LogP contribution in [-0.2, 0) is 0 Å². The van der Waals surface area contributed by atoms with E-state index in [1.165, 1.54) is 12.8 Å². The predicted octanol–water partition coefficient (Wildman–Crippen LogP) is 3.78. The first-order valence-electron chi connectivity index (χ1n) is 5.02. The molecule has 0 nitrogen and oxygen atoms in total. The third-order valence-corrected chi connectivity index (χ3v) is 6.38. The summed E-state index contributed by atoms with van der Waals surface area (Å²) in [4.78, 5) is 0. The zero-order valence-electron chi connectivity index (χ0n) is 7.98. The molecule has 3 aliphatic carbocycles. The first kappa shape index (κ1) is 8.61. The van der Waals surface area contributed by atoms with Gasteiger partial charge in [0, 0.05) is 10.8 Å². The minimum atomic E-state index is -0.491. The Hall–Kier alpha value is 0.320. The third kappa shape index (κ3) is 0.586. The third-order valence-electron chi connectivity index (χ3n) is 4.81. The van der Waals surface area contributed by atoms with E-state index in [0.717, 1.165) is 0 Å². The number of allylic oxidation sites excluding steroid dienone is 2. The molecule has 3 rings (SSSR count). The van der Waals surface area contributed by atoms with Gasteiger partial charge in [-0.3, -0.25) is 0 Å². The second-order valence-electron chi connectivity index (χ2n) is 5.24. The largest absolute Gasteiger partial charge is 0.131 e. The lowest BCUT2D eigenvalue weighted by atomic mass is 9.85. The van der Waals surface area contributed by atoms with Gasteiger partial charge in [0.1, 0.15) is 4.33 Å². The summed E-state index contributed by atoms with van der Waals surface area (Å²) in [7, 11) is 0. The molecule has 0 aromatic carbocycles. The van der Waals surface area contributed by atoms with Crippen molar-refractivity contribution in [2.45, 2.75) is 31.0 Å². The van der Waals surface area contributed by atoms with Gasteiger partial charge in [-0.2, -0.15) is 0 Å². The first-order valence-corrected chi connectivity index (χ1v) is 5.78. The van der Waals surface area contributed by atoms with Crippen molar-refractivity contribution in [1.29, 1.82) is 0 Å². The lowest BCUT2D eigenvalue weighted by molar-refractivity contribution is 0.306. The molecule has 72 valence electrons. The molecule has 0 aromatic heterocycles. The van der Waals surface area contributed by atoms with Crippen LogP contribution in [0.15, 0.2) is 12.2 Å². The van der Waals surface area contributed by atoms with Crippen LogP contribution in [-0.4, -0.2) is 4.33 Å². The topological polar surface area (TPSA) is 0 Å². The van der Waals surface area contributed by atoms with Crippen molar-refractivity contribution < 1.29 is 0 Å². The molecule has 1 spiro atoms. The molecule has 2 saturated carbocycles. The molecule has 0 heterocycles. The highest BCUT2D eigenvalue weighted by Crippen LogP contribution is 2.87. The Bertz CT molecular complexity index is 271. The van der Waals surface area contributed by atoms with Crippen molar-refractivity contribution in [3.05, 3.63) is 12.2 Å². The van der Waals surface area contributed by atoms with Crippen LogP contribution in [0.25, 0.3) is 0 Å². The summed E-state index contributed by atoms with van der Waals surface area (Å²) >= 11 is 12.9. The molecular weight excluding hydrogens is 203 g/mol. The van der Waals surface area contributed by atoms with E-state index in [1.807, 2.05) is 0 Å². The summed E-state index contributed by atoms with van der Waals surface area (Å²) in [6, 6.07) is 0. The van der Waals surface area contributed by atoms with Gasteiger partial charge in [-0.1, -0.05) is 26.0 Å². The normalized spacial score (nSPS) is 53.2. The molecule has 2 fully saturated rings. The molecule has 13 heavy (non-hydrogen) atoms. The Balaban J connectivity index is 2.13. The van der Waals surface area contributed by atoms with Crippen molar-refractivity contribution in [2.75, 3.05) is 0 Å². The molecule has 0 saturated heterocycles. The molecular formula is C11H14Cl2. The van der Waals surface area contributed by atoms with E-state index >= 15 is 0 Å². The second-order valence-corrected chi connectivity index (χ2v) is 6.57. The number of alkyl halides is 2. The van der Waals surface area contributed by atoms with Crippen molar-refractivity contribution in [3.63, 3.8) is 0 Å². The molecule has 0 N–H and O–H groups in total. The Labute approximate surface area is 89.3 Å². The molecule has 1 unspecified atom stereocenters. The van der Waals surface area contributed by atoms with Gasteiger partial charge in [0.2, 0.25) is 0 Å². The summed E-state index contributed by atoms with van der Waals surface area (Å²) in [5, 5.41) is 0. The lowest BCUT2D eigenvalue weighted by Crippen LogP contribution is -2.17. The van der Waals surface area contributed by atoms with Crippen molar-refractivity contribution in [2.24, 2.45) is 22.7 Å². The molecule has 0 aliphatic heterocycles. The maximum Gasteiger partial charge on any atom is 0.131 e. The highest BCUT2D eigenvalue weighted by Gasteiger charge is 2.87. The van der Waals surface area contributed by atoms with Gasteiger partial charge in [0.05, 0.1) is 0 Å². The van der Waals surface area contributed by atoms with Gasteiger partial charge >= 0.3 is 0 Å². The van der Waals surface area contributed by atoms with Crippen LogP contribution in [0.3, 0.4) is 0 Å². The molecule has 0 radical (unpaired) electrons. The van der Waals surface area contributed by atoms with Gasteiger partial charge in [-0.25, -0.2) is 0 Å². The molecule has 0 aromatic rings. The quantitative estimate of drug-likeness (QED) is 0.428. The Morgan fingerprint density at radius 2 is 1.46 bits per heavy atom. The van der Waals surface area contributed by atoms with E-state index in [0.29, 0.717) is 11.8 Å². The average Bonchev–Trinajstić information content (AvgIpc) is 2.51. The fourth-order valence-electron chi connectivity index (χ4n) is 4.08. The van der Waals surface area contributed by atoms with Crippen molar-refractivity contribution >= 4 is 23.2 Å². The predicted molar refractivity (Wildman–Crippen MR) is 56.0 cm³/mol. The maximum atomic E-state index is 6.45. The van der Waals surface area contributed by atoms with E-state index < -0.39 is 4.33 Å². The van der Waals surface area contributed by atoms with E-state index in [2.05, 4.69) is 26.0 Å². The van der Waals surface area contributed by atoms with Gasteiger partial charge in [-0.15, -0.1) is 23.2 Å². The number of rotatable bonds is 0. The van der Waals surface area contributed by atoms with Crippen LogP contribution in [0.2, 0.25) is 0 Å². The number of halogens is 2. The Morgan fingerprint density at radius 3 is 1.62 bits per heavy atom. The maximum absolute atomic E-state index is 6.45. The van der Waals surface area contributed by atoms with E-state index in [4.69, 9.17) is 23.2 Å².